The van der Waals surface area contributed by atoms with E-state index in [0.29, 0.717) is 23.9 Å². The molecule has 3 atom stereocenters. The summed E-state index contributed by atoms with van der Waals surface area (Å²) in [5.41, 5.74) is 14.3. The Bertz CT molecular complexity index is 721. The van der Waals surface area contributed by atoms with Crippen LogP contribution >= 0.6 is 0 Å². The normalized spacial score (nSPS) is 19.1. The average molecular weight is 357 g/mol. The lowest BCUT2D eigenvalue weighted by Gasteiger charge is -2.24. The molecule has 0 saturated carbocycles. The molecule has 2 aromatic rings. The highest BCUT2D eigenvalue weighted by molar-refractivity contribution is 5.37. The van der Waals surface area contributed by atoms with Crippen LogP contribution in [-0.4, -0.2) is 29.5 Å². The van der Waals surface area contributed by atoms with E-state index in [0.717, 1.165) is 31.4 Å². The molecule has 0 amide bonds. The molecule has 2 unspecified atom stereocenters. The number of aliphatic hydroxyl groups is 1. The number of hydrogen-bond donors (Lipinski definition) is 3. The smallest absolute Gasteiger partial charge is 0.173 e. The topological polar surface area (TPSA) is 104 Å². The largest absolute Gasteiger partial charge is 0.497 e. The van der Waals surface area contributed by atoms with E-state index < -0.39 is 12.3 Å². The molecule has 3 rings (SSSR count). The van der Waals surface area contributed by atoms with Gasteiger partial charge in [-0.25, -0.2) is 4.98 Å². The first-order valence-corrected chi connectivity index (χ1v) is 9.03. The minimum Gasteiger partial charge on any atom is -0.497 e. The van der Waals surface area contributed by atoms with Crippen molar-refractivity contribution in [1.82, 2.24) is 4.98 Å². The van der Waals surface area contributed by atoms with Crippen molar-refractivity contribution in [3.8, 4) is 11.5 Å². The zero-order chi connectivity index (χ0) is 18.5. The Balaban J connectivity index is 1.60. The Morgan fingerprint density at radius 2 is 2.04 bits per heavy atom. The Hall–Kier alpha value is -2.31. The molecule has 6 heteroatoms. The molecule has 140 valence electrons. The van der Waals surface area contributed by atoms with Crippen molar-refractivity contribution in [3.63, 3.8) is 0 Å². The van der Waals surface area contributed by atoms with Crippen LogP contribution in [0.5, 0.6) is 11.5 Å². The van der Waals surface area contributed by atoms with Gasteiger partial charge in [0.25, 0.3) is 0 Å². The zero-order valence-electron chi connectivity index (χ0n) is 15.1. The van der Waals surface area contributed by atoms with Crippen LogP contribution in [0.15, 0.2) is 36.5 Å². The Kier molecular flexibility index (Phi) is 5.96. The van der Waals surface area contributed by atoms with Gasteiger partial charge in [0.1, 0.15) is 23.4 Å². The number of aromatic nitrogens is 1. The van der Waals surface area contributed by atoms with E-state index in [4.69, 9.17) is 20.9 Å². The molecule has 0 saturated heterocycles. The number of rotatable bonds is 6. The molecule has 1 aliphatic rings. The lowest BCUT2D eigenvalue weighted by molar-refractivity contribution is 0.0228. The number of benzene rings is 1. The number of nitrogens with two attached hydrogens (primary N) is 2. The lowest BCUT2D eigenvalue weighted by Crippen LogP contribution is -2.41. The summed E-state index contributed by atoms with van der Waals surface area (Å²) in [7, 11) is 1.68. The predicted octanol–water partition coefficient (Wildman–Crippen LogP) is 2.28. The van der Waals surface area contributed by atoms with Crippen LogP contribution in [-0.2, 0) is 12.8 Å². The van der Waals surface area contributed by atoms with E-state index in [1.807, 2.05) is 6.07 Å². The number of fused-ring (bicyclic) bond motifs is 1. The van der Waals surface area contributed by atoms with Gasteiger partial charge >= 0.3 is 0 Å². The van der Waals surface area contributed by atoms with E-state index in [-0.39, 0.29) is 0 Å². The Morgan fingerprint density at radius 1 is 1.23 bits per heavy atom. The number of nitrogen functional groups attached to an aromatic ring is 1. The Morgan fingerprint density at radius 3 is 2.77 bits per heavy atom. The van der Waals surface area contributed by atoms with Crippen LogP contribution in [0.3, 0.4) is 0 Å². The van der Waals surface area contributed by atoms with Gasteiger partial charge in [-0.05, 0) is 73.4 Å². The van der Waals surface area contributed by atoms with Crippen LogP contribution in [0.25, 0.3) is 0 Å². The summed E-state index contributed by atoms with van der Waals surface area (Å²) in [6, 6.07) is 9.61. The van der Waals surface area contributed by atoms with E-state index in [2.05, 4.69) is 17.1 Å². The fourth-order valence-corrected chi connectivity index (χ4v) is 3.53. The van der Waals surface area contributed by atoms with E-state index in [9.17, 15) is 5.11 Å². The van der Waals surface area contributed by atoms with Gasteiger partial charge in [0.05, 0.1) is 13.3 Å². The number of hydrogen-bond acceptors (Lipinski definition) is 6. The van der Waals surface area contributed by atoms with Crippen molar-refractivity contribution in [3.05, 3.63) is 47.7 Å². The first-order chi connectivity index (χ1) is 12.5. The second-order valence-electron chi connectivity index (χ2n) is 6.90. The molecule has 0 aliphatic heterocycles. The number of anilines is 1. The van der Waals surface area contributed by atoms with Crippen molar-refractivity contribution in [1.29, 1.82) is 0 Å². The summed E-state index contributed by atoms with van der Waals surface area (Å²) < 4.78 is 10.9. The molecule has 1 aromatic heterocycles. The van der Waals surface area contributed by atoms with E-state index in [1.165, 1.54) is 17.3 Å². The number of aliphatic hydroxyl groups excluding tert-OH is 1. The van der Waals surface area contributed by atoms with Gasteiger partial charge in [0.2, 0.25) is 0 Å². The molecule has 1 heterocycles. The van der Waals surface area contributed by atoms with Gasteiger partial charge in [0, 0.05) is 0 Å². The van der Waals surface area contributed by atoms with E-state index >= 15 is 0 Å². The zero-order valence-corrected chi connectivity index (χ0v) is 15.1. The van der Waals surface area contributed by atoms with Crippen LogP contribution in [0.1, 0.15) is 30.4 Å². The number of methoxy groups -OCH3 is 1. The quantitative estimate of drug-likeness (QED) is 0.541. The van der Waals surface area contributed by atoms with Crippen LogP contribution in [0.4, 0.5) is 5.82 Å². The predicted molar refractivity (Wildman–Crippen MR) is 101 cm³/mol. The Labute approximate surface area is 154 Å². The SMILES string of the molecule is COc1ccc2c(c1)CC(C[C@H](O)C(N)Oc1ccc(N)nc1)CCC2. The maximum Gasteiger partial charge on any atom is 0.173 e. The van der Waals surface area contributed by atoms with Crippen LogP contribution < -0.4 is 20.9 Å². The number of nitrogens with zero attached hydrogens (tertiary/aromatic N) is 1. The summed E-state index contributed by atoms with van der Waals surface area (Å²) in [6.07, 6.45) is 4.71. The number of aryl methyl sites for hydroxylation is 1. The summed E-state index contributed by atoms with van der Waals surface area (Å²) in [5, 5.41) is 10.5. The van der Waals surface area contributed by atoms with Crippen LogP contribution in [0, 0.1) is 5.92 Å². The maximum absolute atomic E-state index is 10.5. The van der Waals surface area contributed by atoms with Gasteiger partial charge < -0.3 is 20.3 Å². The highest BCUT2D eigenvalue weighted by atomic mass is 16.5. The third-order valence-corrected chi connectivity index (χ3v) is 4.97. The standard InChI is InChI=1S/C20H27N3O3/c1-25-16-6-5-14-4-2-3-13(9-15(14)11-16)10-18(24)20(22)26-17-7-8-19(21)23-12-17/h5-8,11-13,18,20,24H,2-4,9-10,22H2,1H3,(H2,21,23)/t13?,18-,20?/m0/s1. The van der Waals surface area contributed by atoms with Crippen molar-refractivity contribution in [2.24, 2.45) is 11.7 Å². The molecule has 0 bridgehead atoms. The van der Waals surface area contributed by atoms with Gasteiger partial charge in [-0.2, -0.15) is 0 Å². The van der Waals surface area contributed by atoms with Crippen LogP contribution in [0.2, 0.25) is 0 Å². The van der Waals surface area contributed by atoms with Gasteiger partial charge in [-0.3, -0.25) is 5.73 Å². The van der Waals surface area contributed by atoms with Crippen molar-refractivity contribution in [2.45, 2.75) is 44.4 Å². The molecule has 0 spiro atoms. The molecular weight excluding hydrogens is 330 g/mol. The summed E-state index contributed by atoms with van der Waals surface area (Å²) >= 11 is 0. The van der Waals surface area contributed by atoms with Crippen molar-refractivity contribution >= 4 is 5.82 Å². The van der Waals surface area contributed by atoms with Gasteiger partial charge in [0.15, 0.2) is 6.23 Å². The fourth-order valence-electron chi connectivity index (χ4n) is 3.53. The van der Waals surface area contributed by atoms with Gasteiger partial charge in [-0.15, -0.1) is 0 Å². The van der Waals surface area contributed by atoms with Crippen molar-refractivity contribution < 1.29 is 14.6 Å². The minimum absolute atomic E-state index is 0.359. The minimum atomic E-state index is -0.798. The molecule has 1 aliphatic carbocycles. The monoisotopic (exact) mass is 357 g/mol. The fraction of sp³-hybridized carbons (Fsp3) is 0.450. The van der Waals surface area contributed by atoms with E-state index in [1.54, 1.807) is 19.2 Å². The number of ether oxygens (including phenoxy) is 2. The number of pyridine rings is 1. The third kappa shape index (κ3) is 4.65. The first kappa shape index (κ1) is 18.5. The molecular formula is C20H27N3O3. The molecule has 26 heavy (non-hydrogen) atoms. The molecule has 6 nitrogen and oxygen atoms in total. The summed E-state index contributed by atoms with van der Waals surface area (Å²) in [5.74, 6) is 2.15. The molecule has 1 aromatic carbocycles. The molecule has 0 fully saturated rings. The lowest BCUT2D eigenvalue weighted by atomic mass is 9.91. The van der Waals surface area contributed by atoms with Gasteiger partial charge in [-0.1, -0.05) is 6.07 Å². The first-order valence-electron chi connectivity index (χ1n) is 9.03. The second-order valence-corrected chi connectivity index (χ2v) is 6.90. The highest BCUT2D eigenvalue weighted by Gasteiger charge is 2.24. The summed E-state index contributed by atoms with van der Waals surface area (Å²) in [6.45, 7) is 0. The maximum atomic E-state index is 10.5. The summed E-state index contributed by atoms with van der Waals surface area (Å²) in [4.78, 5) is 3.96. The third-order valence-electron chi connectivity index (χ3n) is 4.97. The second kappa shape index (κ2) is 8.38. The van der Waals surface area contributed by atoms with Crippen molar-refractivity contribution in [2.75, 3.05) is 12.8 Å². The molecule has 5 N–H and O–H groups in total. The average Bonchev–Trinajstić information content (AvgIpc) is 2.84. The molecule has 0 radical (unpaired) electrons. The highest BCUT2D eigenvalue weighted by Crippen LogP contribution is 2.30.